The lowest BCUT2D eigenvalue weighted by Crippen LogP contribution is -2.22. The van der Waals surface area contributed by atoms with Gasteiger partial charge in [0.2, 0.25) is 0 Å². The maximum absolute atomic E-state index is 10.7. The van der Waals surface area contributed by atoms with Gasteiger partial charge in [-0.1, -0.05) is 13.3 Å². The van der Waals surface area contributed by atoms with Crippen molar-refractivity contribution in [2.45, 2.75) is 32.6 Å². The average molecular weight is 517 g/mol. The van der Waals surface area contributed by atoms with Gasteiger partial charge >= 0.3 is 0 Å². The molecule has 0 aliphatic rings. The molecule has 0 radical (unpaired) electrons. The zero-order valence-corrected chi connectivity index (χ0v) is 20.8. The minimum Gasteiger partial charge on any atom is -0.492 e. The number of ether oxygens (including phenoxy) is 4. The highest BCUT2D eigenvalue weighted by Gasteiger charge is 2.12. The standard InChI is InChI=1S/C24H28N4O7S/c1-4-5-8-32-10-12-34-23-15-20(22(18-26)28-3)24(16-19(23)21(17-25)27-2)35-13-11-33-9-6-7-14-36(29,30)31/h15-16H,4-14H2,1H3,(H,29,30,31)/b21-19-,22-20+. The molecule has 1 rings (SSSR count). The van der Waals surface area contributed by atoms with E-state index < -0.39 is 10.1 Å². The third-order valence-electron chi connectivity index (χ3n) is 4.58. The lowest BCUT2D eigenvalue weighted by Gasteiger charge is -2.13. The van der Waals surface area contributed by atoms with E-state index in [1.807, 2.05) is 19.1 Å². The summed E-state index contributed by atoms with van der Waals surface area (Å²) in [6, 6.07) is 6.40. The molecule has 0 spiro atoms. The normalized spacial score (nSPS) is 12.4. The van der Waals surface area contributed by atoms with Crippen LogP contribution < -0.4 is 19.9 Å². The van der Waals surface area contributed by atoms with Gasteiger partial charge in [0.1, 0.15) is 24.7 Å². The van der Waals surface area contributed by atoms with E-state index in [2.05, 4.69) is 9.69 Å². The molecule has 0 bridgehead atoms. The van der Waals surface area contributed by atoms with Crippen LogP contribution in [0.4, 0.5) is 0 Å². The van der Waals surface area contributed by atoms with E-state index in [4.69, 9.17) is 36.6 Å². The third-order valence-corrected chi connectivity index (χ3v) is 5.39. The summed E-state index contributed by atoms with van der Waals surface area (Å²) in [7, 11) is -4.00. The minimum atomic E-state index is -4.00. The Morgan fingerprint density at radius 2 is 1.33 bits per heavy atom. The zero-order chi connectivity index (χ0) is 26.8. The average Bonchev–Trinajstić information content (AvgIpc) is 2.85. The van der Waals surface area contributed by atoms with Crippen molar-refractivity contribution in [2.24, 2.45) is 0 Å². The van der Waals surface area contributed by atoms with E-state index in [-0.39, 0.29) is 78.5 Å². The Morgan fingerprint density at radius 3 is 1.72 bits per heavy atom. The van der Waals surface area contributed by atoms with Crippen LogP contribution >= 0.6 is 0 Å². The lowest BCUT2D eigenvalue weighted by atomic mass is 10.1. The highest BCUT2D eigenvalue weighted by atomic mass is 32.2. The maximum Gasteiger partial charge on any atom is 0.272 e. The fraction of sp³-hybridized carbons (Fsp3) is 0.500. The Bertz CT molecular complexity index is 1230. The Kier molecular flexibility index (Phi) is 14.3. The van der Waals surface area contributed by atoms with Crippen LogP contribution in [-0.4, -0.2) is 58.4 Å². The van der Waals surface area contributed by atoms with Crippen molar-refractivity contribution in [3.63, 3.8) is 0 Å². The second-order valence-corrected chi connectivity index (χ2v) is 8.83. The van der Waals surface area contributed by atoms with Gasteiger partial charge in [-0.2, -0.15) is 8.42 Å². The SMILES string of the molecule is [C-]#[N+]/C(C#N)=c1/cc(OCCOCCCCS(=O)(=O)O)/c(=C(\C#N)[N+]#[C-])cc1OCCOCCCC. The van der Waals surface area contributed by atoms with Gasteiger partial charge in [-0.05, 0) is 31.4 Å². The van der Waals surface area contributed by atoms with Gasteiger partial charge in [0.05, 0.1) is 44.2 Å². The van der Waals surface area contributed by atoms with Crippen LogP contribution in [0.2, 0.25) is 0 Å². The summed E-state index contributed by atoms with van der Waals surface area (Å²) in [5.41, 5.74) is -0.502. The number of nitrogens with zero attached hydrogens (tertiary/aromatic N) is 4. The van der Waals surface area contributed by atoms with Crippen LogP contribution in [0.25, 0.3) is 21.1 Å². The van der Waals surface area contributed by atoms with E-state index in [0.29, 0.717) is 13.0 Å². The van der Waals surface area contributed by atoms with Crippen molar-refractivity contribution in [2.75, 3.05) is 45.4 Å². The monoisotopic (exact) mass is 516 g/mol. The first-order valence-corrected chi connectivity index (χ1v) is 12.8. The molecule has 12 heteroatoms. The lowest BCUT2D eigenvalue weighted by molar-refractivity contribution is 0.0963. The van der Waals surface area contributed by atoms with E-state index in [1.165, 1.54) is 12.1 Å². The summed E-state index contributed by atoms with van der Waals surface area (Å²) in [6.45, 7) is 18.1. The molecule has 0 heterocycles. The second-order valence-electron chi connectivity index (χ2n) is 7.26. The number of nitriles is 2. The van der Waals surface area contributed by atoms with Crippen LogP contribution in [0.15, 0.2) is 12.1 Å². The van der Waals surface area contributed by atoms with E-state index >= 15 is 0 Å². The van der Waals surface area contributed by atoms with Crippen molar-refractivity contribution in [3.05, 3.63) is 45.4 Å². The molecule has 0 aromatic heterocycles. The molecule has 0 saturated heterocycles. The second kappa shape index (κ2) is 16.9. The molecule has 192 valence electrons. The Balaban J connectivity index is 3.08. The first kappa shape index (κ1) is 30.4. The summed E-state index contributed by atoms with van der Waals surface area (Å²) in [6.07, 6.45) is 2.56. The summed E-state index contributed by atoms with van der Waals surface area (Å²) in [5.74, 6) is -0.0913. The first-order valence-electron chi connectivity index (χ1n) is 11.1. The van der Waals surface area contributed by atoms with Gasteiger partial charge in [0.25, 0.3) is 21.5 Å². The Labute approximate surface area is 211 Å². The number of hydrogen-bond acceptors (Lipinski definition) is 8. The van der Waals surface area contributed by atoms with Gasteiger partial charge in [0, 0.05) is 23.7 Å². The number of unbranched alkanes of at least 4 members (excludes halogenated alkanes) is 2. The number of benzene rings is 1. The van der Waals surface area contributed by atoms with Crippen molar-refractivity contribution in [1.82, 2.24) is 0 Å². The first-order chi connectivity index (χ1) is 17.3. The molecule has 1 N–H and O–H groups in total. The smallest absolute Gasteiger partial charge is 0.272 e. The fourth-order valence-corrected chi connectivity index (χ4v) is 3.39. The molecule has 36 heavy (non-hydrogen) atoms. The Hall–Kier alpha value is -3.65. The topological polar surface area (TPSA) is 148 Å². The van der Waals surface area contributed by atoms with Crippen molar-refractivity contribution < 1.29 is 31.9 Å². The zero-order valence-electron chi connectivity index (χ0n) is 20.0. The molecule has 0 aliphatic carbocycles. The predicted octanol–water partition coefficient (Wildman–Crippen LogP) is 2.05. The highest BCUT2D eigenvalue weighted by molar-refractivity contribution is 7.85. The molecule has 0 atom stereocenters. The Morgan fingerprint density at radius 1 is 0.861 bits per heavy atom. The summed E-state index contributed by atoms with van der Waals surface area (Å²) >= 11 is 0. The quantitative estimate of drug-likeness (QED) is 0.198. The van der Waals surface area contributed by atoms with Crippen molar-refractivity contribution in [3.8, 4) is 23.6 Å². The summed E-state index contributed by atoms with van der Waals surface area (Å²) in [5, 5.41) is 19.1. The fourth-order valence-electron chi connectivity index (χ4n) is 2.82. The van der Waals surface area contributed by atoms with E-state index in [9.17, 15) is 18.9 Å². The number of hydrogen-bond donors (Lipinski definition) is 1. The molecule has 1 aromatic carbocycles. The van der Waals surface area contributed by atoms with Crippen LogP contribution in [0.3, 0.4) is 0 Å². The molecular weight excluding hydrogens is 488 g/mol. The third kappa shape index (κ3) is 11.2. The van der Waals surface area contributed by atoms with E-state index in [1.54, 1.807) is 0 Å². The maximum atomic E-state index is 10.7. The highest BCUT2D eigenvalue weighted by Crippen LogP contribution is 2.12. The van der Waals surface area contributed by atoms with Crippen molar-refractivity contribution >= 4 is 21.5 Å². The molecule has 11 nitrogen and oxygen atoms in total. The molecule has 0 unspecified atom stereocenters. The van der Waals surface area contributed by atoms with Gasteiger partial charge in [-0.15, -0.1) is 0 Å². The van der Waals surface area contributed by atoms with Gasteiger partial charge in [-0.3, -0.25) is 4.55 Å². The molecule has 0 saturated carbocycles. The largest absolute Gasteiger partial charge is 0.492 e. The van der Waals surface area contributed by atoms with Crippen LogP contribution in [0.1, 0.15) is 32.6 Å². The van der Waals surface area contributed by atoms with E-state index in [0.717, 1.165) is 12.8 Å². The number of rotatable bonds is 16. The van der Waals surface area contributed by atoms with Crippen LogP contribution in [0, 0.1) is 35.8 Å². The summed E-state index contributed by atoms with van der Waals surface area (Å²) < 4.78 is 52.4. The molecule has 0 amide bonds. The van der Waals surface area contributed by atoms with Crippen molar-refractivity contribution in [1.29, 1.82) is 10.5 Å². The molecule has 1 aromatic rings. The minimum absolute atomic E-state index is 0.0207. The predicted molar refractivity (Wildman–Crippen MR) is 130 cm³/mol. The van der Waals surface area contributed by atoms with Crippen LogP contribution in [-0.2, 0) is 19.6 Å². The van der Waals surface area contributed by atoms with Gasteiger partial charge in [-0.25, -0.2) is 20.2 Å². The molecule has 0 fully saturated rings. The molecule has 0 aliphatic heterocycles. The van der Waals surface area contributed by atoms with Crippen LogP contribution in [0.5, 0.6) is 11.5 Å². The van der Waals surface area contributed by atoms with Gasteiger partial charge < -0.3 is 18.9 Å². The summed E-state index contributed by atoms with van der Waals surface area (Å²) in [4.78, 5) is 6.47. The van der Waals surface area contributed by atoms with Gasteiger partial charge in [0.15, 0.2) is 0 Å². The molecular formula is C24H28N4O7S.